The first kappa shape index (κ1) is 17.3. The molecule has 1 aromatic rings. The Morgan fingerprint density at radius 3 is 2.35 bits per heavy atom. The van der Waals surface area contributed by atoms with E-state index in [-0.39, 0.29) is 35.5 Å². The predicted molar refractivity (Wildman–Crippen MR) is 84.6 cm³/mol. The van der Waals surface area contributed by atoms with Crippen LogP contribution in [0.15, 0.2) is 24.3 Å². The number of carboxylic acids is 1. The Kier molecular flexibility index (Phi) is 5.60. The van der Waals surface area contributed by atoms with Gasteiger partial charge in [0.15, 0.2) is 0 Å². The quantitative estimate of drug-likeness (QED) is 0.782. The van der Waals surface area contributed by atoms with Gasteiger partial charge in [-0.2, -0.15) is 0 Å². The van der Waals surface area contributed by atoms with E-state index >= 15 is 0 Å². The van der Waals surface area contributed by atoms with E-state index in [0.717, 1.165) is 0 Å². The summed E-state index contributed by atoms with van der Waals surface area (Å²) in [4.78, 5) is 23.0. The van der Waals surface area contributed by atoms with Crippen LogP contribution < -0.4 is 10.1 Å². The number of ether oxygens (including phenoxy) is 2. The number of hydrogen-bond acceptors (Lipinski definition) is 4. The molecule has 1 heterocycles. The molecule has 23 heavy (non-hydrogen) atoms. The summed E-state index contributed by atoms with van der Waals surface area (Å²) in [5.74, 6) is -0.364. The first-order valence-corrected chi connectivity index (χ1v) is 7.79. The van der Waals surface area contributed by atoms with Gasteiger partial charge in [-0.05, 0) is 44.0 Å². The molecule has 2 rings (SSSR count). The highest BCUT2D eigenvalue weighted by Gasteiger charge is 2.41. The number of carbonyl (C=O) groups is 2. The molecule has 0 spiro atoms. The van der Waals surface area contributed by atoms with E-state index in [0.29, 0.717) is 18.9 Å². The number of nitrogens with one attached hydrogen (secondary N) is 1. The fourth-order valence-corrected chi connectivity index (χ4v) is 2.87. The van der Waals surface area contributed by atoms with Crippen LogP contribution >= 0.6 is 0 Å². The van der Waals surface area contributed by atoms with Gasteiger partial charge in [-0.25, -0.2) is 4.79 Å². The third kappa shape index (κ3) is 4.22. The lowest BCUT2D eigenvalue weighted by atomic mass is 9.89. The number of amides is 1. The van der Waals surface area contributed by atoms with Crippen molar-refractivity contribution in [3.8, 4) is 5.75 Å². The minimum absolute atomic E-state index is 0.0147. The highest BCUT2D eigenvalue weighted by Crippen LogP contribution is 2.32. The van der Waals surface area contributed by atoms with Gasteiger partial charge in [-0.1, -0.05) is 6.92 Å². The molecule has 1 aromatic carbocycles. The zero-order valence-electron chi connectivity index (χ0n) is 13.6. The topological polar surface area (TPSA) is 84.9 Å². The van der Waals surface area contributed by atoms with E-state index in [9.17, 15) is 9.59 Å². The van der Waals surface area contributed by atoms with Crippen LogP contribution in [0.5, 0.6) is 5.75 Å². The van der Waals surface area contributed by atoms with E-state index in [4.69, 9.17) is 14.6 Å². The van der Waals surface area contributed by atoms with Crippen molar-refractivity contribution in [2.45, 2.75) is 33.0 Å². The number of benzene rings is 1. The standard InChI is InChI=1S/C17H23NO5/c1-10-11(2)23-12(3)15(10)16(19)18-8-9-22-14-6-4-13(5-7-14)17(20)21/h4-7,10-12,15H,8-9H2,1-3H3,(H,18,19)(H,20,21). The maximum atomic E-state index is 12.2. The summed E-state index contributed by atoms with van der Waals surface area (Å²) in [5, 5.41) is 11.7. The van der Waals surface area contributed by atoms with Crippen molar-refractivity contribution in [3.05, 3.63) is 29.8 Å². The molecule has 2 N–H and O–H groups in total. The van der Waals surface area contributed by atoms with E-state index < -0.39 is 5.97 Å². The second-order valence-corrected chi connectivity index (χ2v) is 5.90. The molecule has 0 radical (unpaired) electrons. The summed E-state index contributed by atoms with van der Waals surface area (Å²) in [6, 6.07) is 6.16. The molecule has 126 valence electrons. The van der Waals surface area contributed by atoms with Crippen molar-refractivity contribution in [1.29, 1.82) is 0 Å². The zero-order chi connectivity index (χ0) is 17.0. The SMILES string of the molecule is CC1OC(C)C(C(=O)NCCOc2ccc(C(=O)O)cc2)C1C. The first-order chi connectivity index (χ1) is 10.9. The molecule has 6 heteroatoms. The van der Waals surface area contributed by atoms with Crippen LogP contribution in [-0.4, -0.2) is 42.3 Å². The molecule has 0 aliphatic carbocycles. The maximum absolute atomic E-state index is 12.2. The number of hydrogen-bond donors (Lipinski definition) is 2. The van der Waals surface area contributed by atoms with Gasteiger partial charge in [0.1, 0.15) is 12.4 Å². The molecular weight excluding hydrogens is 298 g/mol. The van der Waals surface area contributed by atoms with Gasteiger partial charge in [0.2, 0.25) is 5.91 Å². The van der Waals surface area contributed by atoms with Gasteiger partial charge >= 0.3 is 5.97 Å². The number of rotatable bonds is 6. The molecule has 1 saturated heterocycles. The maximum Gasteiger partial charge on any atom is 0.335 e. The van der Waals surface area contributed by atoms with Crippen LogP contribution in [-0.2, 0) is 9.53 Å². The number of carboxylic acid groups (broad SMARTS) is 1. The molecule has 0 saturated carbocycles. The lowest BCUT2D eigenvalue weighted by Crippen LogP contribution is -2.39. The van der Waals surface area contributed by atoms with Crippen molar-refractivity contribution >= 4 is 11.9 Å². The Balaban J connectivity index is 1.75. The highest BCUT2D eigenvalue weighted by molar-refractivity contribution is 5.87. The van der Waals surface area contributed by atoms with Crippen LogP contribution in [0.2, 0.25) is 0 Å². The third-order valence-electron chi connectivity index (χ3n) is 4.32. The molecule has 4 unspecified atom stereocenters. The fraction of sp³-hybridized carbons (Fsp3) is 0.529. The summed E-state index contributed by atoms with van der Waals surface area (Å²) in [6.07, 6.45) is 0.00855. The van der Waals surface area contributed by atoms with Crippen molar-refractivity contribution in [2.24, 2.45) is 11.8 Å². The van der Waals surface area contributed by atoms with Gasteiger partial charge in [0.05, 0.1) is 30.2 Å². The molecule has 0 bridgehead atoms. The van der Waals surface area contributed by atoms with Crippen LogP contribution in [0.3, 0.4) is 0 Å². The molecular formula is C17H23NO5. The van der Waals surface area contributed by atoms with Gasteiger partial charge in [0, 0.05) is 0 Å². The monoisotopic (exact) mass is 321 g/mol. The van der Waals surface area contributed by atoms with E-state index in [2.05, 4.69) is 5.32 Å². The summed E-state index contributed by atoms with van der Waals surface area (Å²) in [5.41, 5.74) is 0.212. The summed E-state index contributed by atoms with van der Waals surface area (Å²) >= 11 is 0. The molecule has 6 nitrogen and oxygen atoms in total. The van der Waals surface area contributed by atoms with Crippen LogP contribution in [0.1, 0.15) is 31.1 Å². The Labute approximate surface area is 135 Å². The Morgan fingerprint density at radius 2 is 1.83 bits per heavy atom. The van der Waals surface area contributed by atoms with Gasteiger partial charge < -0.3 is 19.9 Å². The smallest absolute Gasteiger partial charge is 0.335 e. The molecule has 0 aromatic heterocycles. The van der Waals surface area contributed by atoms with E-state index in [1.807, 2.05) is 20.8 Å². The molecule has 1 fully saturated rings. The van der Waals surface area contributed by atoms with Crippen molar-refractivity contribution in [2.75, 3.05) is 13.2 Å². The first-order valence-electron chi connectivity index (χ1n) is 7.79. The second-order valence-electron chi connectivity index (χ2n) is 5.90. The third-order valence-corrected chi connectivity index (χ3v) is 4.32. The van der Waals surface area contributed by atoms with E-state index in [1.54, 1.807) is 12.1 Å². The lowest BCUT2D eigenvalue weighted by molar-refractivity contribution is -0.127. The second kappa shape index (κ2) is 7.46. The average molecular weight is 321 g/mol. The normalized spacial score (nSPS) is 26.7. The van der Waals surface area contributed by atoms with Gasteiger partial charge in [-0.15, -0.1) is 0 Å². The largest absolute Gasteiger partial charge is 0.492 e. The van der Waals surface area contributed by atoms with Crippen molar-refractivity contribution in [3.63, 3.8) is 0 Å². The molecule has 1 amide bonds. The van der Waals surface area contributed by atoms with Crippen LogP contribution in [0, 0.1) is 11.8 Å². The summed E-state index contributed by atoms with van der Waals surface area (Å²) in [7, 11) is 0. The Hall–Kier alpha value is -2.08. The lowest BCUT2D eigenvalue weighted by Gasteiger charge is -2.18. The van der Waals surface area contributed by atoms with Gasteiger partial charge in [0.25, 0.3) is 0 Å². The van der Waals surface area contributed by atoms with Crippen molar-refractivity contribution < 1.29 is 24.2 Å². The Bertz CT molecular complexity index is 557. The highest BCUT2D eigenvalue weighted by atomic mass is 16.5. The number of aromatic carboxylic acids is 1. The van der Waals surface area contributed by atoms with Crippen LogP contribution in [0.4, 0.5) is 0 Å². The molecule has 4 atom stereocenters. The summed E-state index contributed by atoms with van der Waals surface area (Å²) in [6.45, 7) is 6.65. The zero-order valence-corrected chi connectivity index (χ0v) is 13.6. The minimum Gasteiger partial charge on any atom is -0.492 e. The van der Waals surface area contributed by atoms with Crippen LogP contribution in [0.25, 0.3) is 0 Å². The minimum atomic E-state index is -0.972. The van der Waals surface area contributed by atoms with Gasteiger partial charge in [-0.3, -0.25) is 4.79 Å². The number of carbonyl (C=O) groups excluding carboxylic acids is 1. The summed E-state index contributed by atoms with van der Waals surface area (Å²) < 4.78 is 11.2. The van der Waals surface area contributed by atoms with Crippen molar-refractivity contribution in [1.82, 2.24) is 5.32 Å². The molecule has 1 aliphatic heterocycles. The fourth-order valence-electron chi connectivity index (χ4n) is 2.87. The molecule has 1 aliphatic rings. The predicted octanol–water partition coefficient (Wildman–Crippen LogP) is 1.94. The van der Waals surface area contributed by atoms with E-state index in [1.165, 1.54) is 12.1 Å². The Morgan fingerprint density at radius 1 is 1.17 bits per heavy atom. The average Bonchev–Trinajstić information content (AvgIpc) is 2.77.